The fourth-order valence-corrected chi connectivity index (χ4v) is 2.65. The summed E-state index contributed by atoms with van der Waals surface area (Å²) >= 11 is 9.00. The maximum absolute atomic E-state index is 14.0. The summed E-state index contributed by atoms with van der Waals surface area (Å²) in [5, 5.41) is -0.107. The van der Waals surface area contributed by atoms with E-state index in [0.717, 1.165) is 0 Å². The second kappa shape index (κ2) is 6.45. The highest BCUT2D eigenvalue weighted by molar-refractivity contribution is 9.10. The molecular weight excluding hydrogens is 363 g/mol. The van der Waals surface area contributed by atoms with Gasteiger partial charge in [-0.3, -0.25) is 4.79 Å². The third-order valence-electron chi connectivity index (χ3n) is 2.91. The molecule has 110 valence electrons. The molecule has 0 N–H and O–H groups in total. The fourth-order valence-electron chi connectivity index (χ4n) is 1.87. The Morgan fingerprint density at radius 3 is 2.57 bits per heavy atom. The molecule has 0 atom stereocenters. The van der Waals surface area contributed by atoms with Gasteiger partial charge in [-0.25, -0.2) is 4.39 Å². The highest BCUT2D eigenvalue weighted by atomic mass is 79.9. The van der Waals surface area contributed by atoms with Gasteiger partial charge in [0.1, 0.15) is 11.5 Å². The third kappa shape index (κ3) is 3.04. The minimum atomic E-state index is -0.756. The highest BCUT2D eigenvalue weighted by Crippen LogP contribution is 2.35. The van der Waals surface area contributed by atoms with E-state index in [2.05, 4.69) is 15.9 Å². The number of benzene rings is 2. The molecule has 0 aliphatic heterocycles. The minimum absolute atomic E-state index is 0.107. The largest absolute Gasteiger partial charge is 0.497 e. The number of halogens is 3. The Kier molecular flexibility index (Phi) is 4.85. The van der Waals surface area contributed by atoms with Crippen molar-refractivity contribution in [1.82, 2.24) is 0 Å². The van der Waals surface area contributed by atoms with Gasteiger partial charge in [0.05, 0.1) is 30.4 Å². The quantitative estimate of drug-likeness (QED) is 0.741. The van der Waals surface area contributed by atoms with Crippen LogP contribution in [0.25, 0.3) is 0 Å². The first-order valence-corrected chi connectivity index (χ1v) is 7.07. The molecule has 0 unspecified atom stereocenters. The molecule has 2 aromatic rings. The van der Waals surface area contributed by atoms with Gasteiger partial charge in [-0.2, -0.15) is 0 Å². The lowest BCUT2D eigenvalue weighted by Crippen LogP contribution is -2.08. The lowest BCUT2D eigenvalue weighted by molar-refractivity contribution is 0.103. The van der Waals surface area contributed by atoms with Crippen LogP contribution in [0.4, 0.5) is 4.39 Å². The Balaban J connectivity index is 2.60. The highest BCUT2D eigenvalue weighted by Gasteiger charge is 2.23. The molecule has 6 heteroatoms. The molecule has 0 radical (unpaired) electrons. The van der Waals surface area contributed by atoms with Crippen LogP contribution in [0.5, 0.6) is 11.5 Å². The van der Waals surface area contributed by atoms with Crippen LogP contribution in [-0.2, 0) is 0 Å². The topological polar surface area (TPSA) is 35.5 Å². The van der Waals surface area contributed by atoms with Crippen molar-refractivity contribution in [3.05, 3.63) is 56.8 Å². The van der Waals surface area contributed by atoms with E-state index in [1.54, 1.807) is 12.1 Å². The molecule has 0 aromatic heterocycles. The summed E-state index contributed by atoms with van der Waals surface area (Å²) in [7, 11) is 2.92. The first kappa shape index (κ1) is 15.8. The summed E-state index contributed by atoms with van der Waals surface area (Å²) in [5.74, 6) is -0.484. The fraction of sp³-hybridized carbons (Fsp3) is 0.133. The molecule has 0 spiro atoms. The van der Waals surface area contributed by atoms with Crippen molar-refractivity contribution in [1.29, 1.82) is 0 Å². The molecule has 0 bridgehead atoms. The van der Waals surface area contributed by atoms with Gasteiger partial charge in [-0.1, -0.05) is 17.7 Å². The number of ether oxygens (including phenoxy) is 2. The van der Waals surface area contributed by atoms with Crippen LogP contribution >= 0.6 is 27.5 Å². The van der Waals surface area contributed by atoms with Crippen LogP contribution < -0.4 is 9.47 Å². The zero-order chi connectivity index (χ0) is 15.6. The SMILES string of the molecule is COc1cc(Br)c(C(=O)c2cccc(Cl)c2F)c(OC)c1. The molecule has 0 fully saturated rings. The van der Waals surface area contributed by atoms with Gasteiger partial charge in [-0.05, 0) is 34.1 Å². The number of hydrogen-bond acceptors (Lipinski definition) is 3. The van der Waals surface area contributed by atoms with E-state index in [-0.39, 0.29) is 21.9 Å². The third-order valence-corrected chi connectivity index (χ3v) is 3.82. The van der Waals surface area contributed by atoms with Crippen molar-refractivity contribution in [2.24, 2.45) is 0 Å². The lowest BCUT2D eigenvalue weighted by atomic mass is 10.0. The van der Waals surface area contributed by atoms with Gasteiger partial charge in [-0.15, -0.1) is 0 Å². The average Bonchev–Trinajstić information content (AvgIpc) is 2.48. The van der Waals surface area contributed by atoms with E-state index >= 15 is 0 Å². The minimum Gasteiger partial charge on any atom is -0.497 e. The van der Waals surface area contributed by atoms with Crippen molar-refractivity contribution in [2.45, 2.75) is 0 Å². The number of ketones is 1. The molecule has 0 saturated heterocycles. The molecule has 0 amide bonds. The Morgan fingerprint density at radius 1 is 1.24 bits per heavy atom. The summed E-state index contributed by atoms with van der Waals surface area (Å²) in [5.41, 5.74) is 0.0890. The van der Waals surface area contributed by atoms with Gasteiger partial charge in [0, 0.05) is 10.5 Å². The van der Waals surface area contributed by atoms with Gasteiger partial charge in [0.15, 0.2) is 5.82 Å². The summed E-state index contributed by atoms with van der Waals surface area (Å²) in [6.07, 6.45) is 0. The van der Waals surface area contributed by atoms with Crippen molar-refractivity contribution in [3.8, 4) is 11.5 Å². The van der Waals surface area contributed by atoms with E-state index in [1.165, 1.54) is 32.4 Å². The van der Waals surface area contributed by atoms with E-state index in [4.69, 9.17) is 21.1 Å². The maximum Gasteiger partial charge on any atom is 0.200 e. The molecule has 0 aliphatic carbocycles. The van der Waals surface area contributed by atoms with E-state index < -0.39 is 11.6 Å². The molecule has 3 nitrogen and oxygen atoms in total. The van der Waals surface area contributed by atoms with Crippen LogP contribution in [0, 0.1) is 5.82 Å². The second-order valence-corrected chi connectivity index (χ2v) is 5.38. The van der Waals surface area contributed by atoms with Crippen LogP contribution in [0.3, 0.4) is 0 Å². The van der Waals surface area contributed by atoms with Gasteiger partial charge < -0.3 is 9.47 Å². The molecule has 0 heterocycles. The van der Waals surface area contributed by atoms with Crippen molar-refractivity contribution in [3.63, 3.8) is 0 Å². The van der Waals surface area contributed by atoms with E-state index in [9.17, 15) is 9.18 Å². The molecule has 21 heavy (non-hydrogen) atoms. The Bertz CT molecular complexity index is 704. The zero-order valence-corrected chi connectivity index (χ0v) is 13.6. The number of carbonyl (C=O) groups is 1. The first-order valence-electron chi connectivity index (χ1n) is 5.89. The van der Waals surface area contributed by atoms with E-state index in [0.29, 0.717) is 10.2 Å². The zero-order valence-electron chi connectivity index (χ0n) is 11.2. The number of methoxy groups -OCH3 is 2. The first-order chi connectivity index (χ1) is 9.99. The summed E-state index contributed by atoms with van der Waals surface area (Å²) in [6.45, 7) is 0. The summed E-state index contributed by atoms with van der Waals surface area (Å²) < 4.78 is 24.8. The maximum atomic E-state index is 14.0. The van der Waals surface area contributed by atoms with Crippen molar-refractivity contribution in [2.75, 3.05) is 14.2 Å². The molecular formula is C15H11BrClFO3. The smallest absolute Gasteiger partial charge is 0.200 e. The predicted octanol–water partition coefficient (Wildman–Crippen LogP) is 4.49. The van der Waals surface area contributed by atoms with Crippen LogP contribution in [0.15, 0.2) is 34.8 Å². The number of carbonyl (C=O) groups excluding carboxylic acids is 1. The molecule has 0 saturated carbocycles. The second-order valence-electron chi connectivity index (χ2n) is 4.12. The van der Waals surface area contributed by atoms with Crippen molar-refractivity contribution < 1.29 is 18.7 Å². The number of hydrogen-bond donors (Lipinski definition) is 0. The monoisotopic (exact) mass is 372 g/mol. The van der Waals surface area contributed by atoms with Crippen LogP contribution in [-0.4, -0.2) is 20.0 Å². The Labute approximate surface area is 134 Å². The standard InChI is InChI=1S/C15H11BrClFO3/c1-20-8-6-10(16)13(12(7-8)21-2)15(19)9-4-3-5-11(17)14(9)18/h3-7H,1-2H3. The molecule has 2 aromatic carbocycles. The normalized spacial score (nSPS) is 10.3. The average molecular weight is 374 g/mol. The van der Waals surface area contributed by atoms with Gasteiger partial charge in [0.2, 0.25) is 5.78 Å². The van der Waals surface area contributed by atoms with Crippen LogP contribution in [0.1, 0.15) is 15.9 Å². The van der Waals surface area contributed by atoms with E-state index in [1.807, 2.05) is 0 Å². The molecule has 0 aliphatic rings. The summed E-state index contributed by atoms with van der Waals surface area (Å²) in [6, 6.07) is 7.44. The number of rotatable bonds is 4. The van der Waals surface area contributed by atoms with Gasteiger partial charge >= 0.3 is 0 Å². The Hall–Kier alpha value is -1.59. The van der Waals surface area contributed by atoms with Crippen molar-refractivity contribution >= 4 is 33.3 Å². The predicted molar refractivity (Wildman–Crippen MR) is 82.1 cm³/mol. The van der Waals surface area contributed by atoms with Gasteiger partial charge in [0.25, 0.3) is 0 Å². The summed E-state index contributed by atoms with van der Waals surface area (Å²) in [4.78, 5) is 12.6. The lowest BCUT2D eigenvalue weighted by Gasteiger charge is -2.12. The Morgan fingerprint density at radius 2 is 1.95 bits per heavy atom. The van der Waals surface area contributed by atoms with Crippen LogP contribution in [0.2, 0.25) is 5.02 Å². The molecule has 2 rings (SSSR count).